The summed E-state index contributed by atoms with van der Waals surface area (Å²) in [4.78, 5) is 0. The van der Waals surface area contributed by atoms with Crippen LogP contribution < -0.4 is 26.3 Å². The van der Waals surface area contributed by atoms with E-state index in [9.17, 15) is 0 Å². The zero-order valence-corrected chi connectivity index (χ0v) is 29.4. The summed E-state index contributed by atoms with van der Waals surface area (Å²) in [6.45, 7) is 4.97. The van der Waals surface area contributed by atoms with Crippen LogP contribution in [0.5, 0.6) is 0 Å². The monoisotopic (exact) mass is 663 g/mol. The van der Waals surface area contributed by atoms with Crippen molar-refractivity contribution in [3.63, 3.8) is 0 Å². The molecule has 1 spiro atoms. The Morgan fingerprint density at radius 2 is 1.06 bits per heavy atom. The number of hydrogen-bond acceptors (Lipinski definition) is 1. The third kappa shape index (κ3) is 3.59. The summed E-state index contributed by atoms with van der Waals surface area (Å²) in [7, 11) is -5.44. The maximum absolute atomic E-state index is 15.9. The SMILES string of the molecule is C[Si]1(C)c2ccccc2C2(c3ccccc3-n3c4ccccc4c4cccc2c43)c2cc(P(=O)(c3ccccc3)c3ccccc3)ccc21. The minimum absolute atomic E-state index is 0.608. The Morgan fingerprint density at radius 3 is 1.82 bits per heavy atom. The lowest BCUT2D eigenvalue weighted by atomic mass is 9.62. The quantitative estimate of drug-likeness (QED) is 0.138. The van der Waals surface area contributed by atoms with Gasteiger partial charge in [0.1, 0.15) is 8.07 Å². The first kappa shape index (κ1) is 28.8. The molecule has 1 aromatic heterocycles. The van der Waals surface area contributed by atoms with E-state index in [4.69, 9.17) is 0 Å². The van der Waals surface area contributed by atoms with Gasteiger partial charge in [0.05, 0.1) is 22.1 Å². The van der Waals surface area contributed by atoms with Crippen molar-refractivity contribution in [3.8, 4) is 5.69 Å². The van der Waals surface area contributed by atoms with E-state index in [1.165, 1.54) is 60.1 Å². The first-order valence-electron chi connectivity index (χ1n) is 17.1. The molecular weight excluding hydrogens is 630 g/mol. The molecule has 0 saturated heterocycles. The van der Waals surface area contributed by atoms with Crippen LogP contribution >= 0.6 is 7.14 Å². The van der Waals surface area contributed by atoms with E-state index in [1.807, 2.05) is 60.7 Å². The molecule has 2 aliphatic heterocycles. The van der Waals surface area contributed by atoms with Gasteiger partial charge in [0.15, 0.2) is 7.14 Å². The van der Waals surface area contributed by atoms with Gasteiger partial charge in [-0.3, -0.25) is 0 Å². The average Bonchev–Trinajstić information content (AvgIpc) is 3.50. The van der Waals surface area contributed by atoms with Gasteiger partial charge in [-0.2, -0.15) is 0 Å². The standard InChI is InChI=1S/C45H34NOPSi/c1-49(2)42-27-14-11-23-37(42)45(36-22-10-13-26-41(36)46-40-25-12-9-20-34(40)35-21-15-24-38(45)44(35)46)39-30-33(28-29-43(39)49)48(47,31-16-5-3-6-17-31)32-18-7-4-8-19-32/h3-30H,1-2H3. The molecule has 0 bridgehead atoms. The van der Waals surface area contributed by atoms with Crippen LogP contribution in [0.2, 0.25) is 13.1 Å². The molecule has 3 heterocycles. The zero-order valence-electron chi connectivity index (χ0n) is 27.5. The first-order valence-corrected chi connectivity index (χ1v) is 21.8. The lowest BCUT2D eigenvalue weighted by Crippen LogP contribution is -2.64. The molecule has 49 heavy (non-hydrogen) atoms. The molecule has 0 aliphatic carbocycles. The van der Waals surface area contributed by atoms with E-state index < -0.39 is 20.6 Å². The van der Waals surface area contributed by atoms with Crippen molar-refractivity contribution < 1.29 is 4.57 Å². The highest BCUT2D eigenvalue weighted by Crippen LogP contribution is 2.55. The average molecular weight is 664 g/mol. The van der Waals surface area contributed by atoms with Crippen LogP contribution in [0.25, 0.3) is 27.5 Å². The zero-order chi connectivity index (χ0) is 33.0. The van der Waals surface area contributed by atoms with Gasteiger partial charge < -0.3 is 9.13 Å². The van der Waals surface area contributed by atoms with Crippen LogP contribution in [0.1, 0.15) is 22.3 Å². The molecule has 2 nitrogen and oxygen atoms in total. The Balaban J connectivity index is 1.41. The van der Waals surface area contributed by atoms with Gasteiger partial charge in [-0.15, -0.1) is 0 Å². The van der Waals surface area contributed by atoms with Crippen LogP contribution in [-0.4, -0.2) is 12.6 Å². The van der Waals surface area contributed by atoms with Gasteiger partial charge in [-0.1, -0.05) is 165 Å². The van der Waals surface area contributed by atoms with Gasteiger partial charge in [0, 0.05) is 26.7 Å². The highest BCUT2D eigenvalue weighted by Gasteiger charge is 2.53. The molecule has 0 N–H and O–H groups in total. The van der Waals surface area contributed by atoms with Gasteiger partial charge in [-0.05, 0) is 50.8 Å². The predicted molar refractivity (Wildman–Crippen MR) is 209 cm³/mol. The molecule has 2 aliphatic rings. The number of fused-ring (bicyclic) bond motifs is 11. The molecule has 234 valence electrons. The Labute approximate surface area is 287 Å². The molecule has 4 heteroatoms. The van der Waals surface area contributed by atoms with E-state index in [-0.39, 0.29) is 0 Å². The van der Waals surface area contributed by atoms with Gasteiger partial charge in [0.25, 0.3) is 0 Å². The fourth-order valence-corrected chi connectivity index (χ4v) is 15.1. The maximum atomic E-state index is 15.9. The minimum Gasteiger partial charge on any atom is -0.309 e. The number of para-hydroxylation sites is 3. The Morgan fingerprint density at radius 1 is 0.490 bits per heavy atom. The first-order chi connectivity index (χ1) is 24.0. The summed E-state index contributed by atoms with van der Waals surface area (Å²) in [6.07, 6.45) is 0. The third-order valence-corrected chi connectivity index (χ3v) is 18.0. The van der Waals surface area contributed by atoms with E-state index in [0.717, 1.165) is 15.9 Å². The second-order valence-corrected chi connectivity index (χ2v) is 21.1. The topological polar surface area (TPSA) is 22.0 Å². The van der Waals surface area contributed by atoms with Crippen molar-refractivity contribution in [2.45, 2.75) is 18.5 Å². The van der Waals surface area contributed by atoms with Crippen molar-refractivity contribution in [1.29, 1.82) is 0 Å². The largest absolute Gasteiger partial charge is 0.309 e. The highest BCUT2D eigenvalue weighted by molar-refractivity contribution is 7.85. The van der Waals surface area contributed by atoms with Gasteiger partial charge in [0.2, 0.25) is 0 Å². The molecule has 10 rings (SSSR count). The second kappa shape index (κ2) is 10.2. The molecular formula is C45H34NOPSi. The number of hydrogen-bond donors (Lipinski definition) is 0. The van der Waals surface area contributed by atoms with Crippen LogP contribution in [0, 0.1) is 0 Å². The second-order valence-electron chi connectivity index (χ2n) is 14.0. The molecule has 0 amide bonds. The molecule has 1 unspecified atom stereocenters. The predicted octanol–water partition coefficient (Wildman–Crippen LogP) is 8.26. The number of nitrogens with zero attached hydrogens (tertiary/aromatic N) is 1. The number of benzene rings is 7. The number of rotatable bonds is 3. The number of aromatic nitrogens is 1. The van der Waals surface area contributed by atoms with Crippen molar-refractivity contribution in [3.05, 3.63) is 192 Å². The fraction of sp³-hybridized carbons (Fsp3) is 0.0667. The lowest BCUT2D eigenvalue weighted by molar-refractivity contribution is 0.592. The van der Waals surface area contributed by atoms with Crippen LogP contribution in [0.15, 0.2) is 170 Å². The van der Waals surface area contributed by atoms with Crippen molar-refractivity contribution in [2.24, 2.45) is 0 Å². The normalized spacial score (nSPS) is 17.1. The summed E-state index contributed by atoms with van der Waals surface area (Å²) in [6, 6.07) is 60.9. The molecule has 0 saturated carbocycles. The summed E-state index contributed by atoms with van der Waals surface area (Å²) < 4.78 is 18.4. The summed E-state index contributed by atoms with van der Waals surface area (Å²) >= 11 is 0. The molecule has 0 radical (unpaired) electrons. The Kier molecular flexibility index (Phi) is 5.96. The van der Waals surface area contributed by atoms with Crippen molar-refractivity contribution in [2.75, 3.05) is 0 Å². The van der Waals surface area contributed by atoms with Crippen LogP contribution in [0.4, 0.5) is 0 Å². The summed E-state index contributed by atoms with van der Waals surface area (Å²) in [5, 5.41) is 7.97. The Hall–Kier alpha value is -5.21. The smallest absolute Gasteiger partial charge is 0.171 e. The van der Waals surface area contributed by atoms with E-state index in [1.54, 1.807) is 0 Å². The van der Waals surface area contributed by atoms with Crippen LogP contribution in [-0.2, 0) is 9.98 Å². The minimum atomic E-state index is -3.24. The summed E-state index contributed by atoms with van der Waals surface area (Å²) in [5.41, 5.74) is 8.23. The van der Waals surface area contributed by atoms with Crippen molar-refractivity contribution in [1.82, 2.24) is 4.57 Å². The molecule has 0 fully saturated rings. The van der Waals surface area contributed by atoms with Crippen molar-refractivity contribution >= 4 is 63.3 Å². The highest BCUT2D eigenvalue weighted by atomic mass is 31.2. The van der Waals surface area contributed by atoms with Crippen LogP contribution in [0.3, 0.4) is 0 Å². The molecule has 8 aromatic rings. The maximum Gasteiger partial charge on any atom is 0.171 e. The van der Waals surface area contributed by atoms with E-state index in [0.29, 0.717) is 0 Å². The Bertz CT molecular complexity index is 2630. The van der Waals surface area contributed by atoms with Gasteiger partial charge in [-0.25, -0.2) is 0 Å². The van der Waals surface area contributed by atoms with E-state index in [2.05, 4.69) is 127 Å². The van der Waals surface area contributed by atoms with E-state index >= 15 is 4.57 Å². The molecule has 7 aromatic carbocycles. The fourth-order valence-electron chi connectivity index (χ4n) is 9.23. The third-order valence-electron chi connectivity index (χ3n) is 11.3. The summed E-state index contributed by atoms with van der Waals surface area (Å²) in [5.74, 6) is 0. The van der Waals surface area contributed by atoms with Gasteiger partial charge >= 0.3 is 0 Å². The molecule has 1 atom stereocenters. The lowest BCUT2D eigenvalue weighted by Gasteiger charge is -2.49.